The van der Waals surface area contributed by atoms with Gasteiger partial charge in [0.25, 0.3) is 5.91 Å². The van der Waals surface area contributed by atoms with Gasteiger partial charge in [-0.1, -0.05) is 12.1 Å². The van der Waals surface area contributed by atoms with Crippen molar-refractivity contribution in [3.8, 4) is 33.2 Å². The molecule has 1 aromatic carbocycles. The first-order chi connectivity index (χ1) is 20.0. The molecule has 2 aromatic heterocycles. The van der Waals surface area contributed by atoms with Crippen LogP contribution in [0.5, 0.6) is 11.5 Å². The monoisotopic (exact) mass is 589 g/mol. The predicted octanol–water partition coefficient (Wildman–Crippen LogP) is 6.74. The summed E-state index contributed by atoms with van der Waals surface area (Å²) in [6, 6.07) is 10.3. The van der Waals surface area contributed by atoms with Crippen LogP contribution in [0, 0.1) is 11.8 Å². The normalized spacial score (nSPS) is 19.2. The molecule has 8 nitrogen and oxygen atoms in total. The molecular formula is C33H39N3O5S. The third kappa shape index (κ3) is 5.42. The molecule has 42 heavy (non-hydrogen) atoms. The smallest absolute Gasteiger partial charge is 0.410 e. The van der Waals surface area contributed by atoms with Gasteiger partial charge in [-0.2, -0.15) is 0 Å². The van der Waals surface area contributed by atoms with Crippen LogP contribution >= 0.6 is 11.3 Å². The maximum Gasteiger partial charge on any atom is 0.410 e. The first-order valence-corrected chi connectivity index (χ1v) is 15.5. The zero-order valence-corrected chi connectivity index (χ0v) is 26.0. The number of carbonyl (C=O) groups excluding carboxylic acids is 2. The van der Waals surface area contributed by atoms with Crippen LogP contribution < -0.4 is 14.8 Å². The average Bonchev–Trinajstić information content (AvgIpc) is 3.69. The number of nitrogens with zero attached hydrogens (tertiary/aromatic N) is 2. The number of aryl methyl sites for hydroxylation is 1. The van der Waals surface area contributed by atoms with E-state index in [1.807, 2.05) is 46.8 Å². The summed E-state index contributed by atoms with van der Waals surface area (Å²) in [6.07, 6.45) is 3.38. The summed E-state index contributed by atoms with van der Waals surface area (Å²) >= 11 is 1.67. The maximum atomic E-state index is 13.8. The van der Waals surface area contributed by atoms with Crippen molar-refractivity contribution in [2.24, 2.45) is 11.8 Å². The Hall–Kier alpha value is -3.72. The number of carbonyl (C=O) groups is 2. The lowest BCUT2D eigenvalue weighted by Gasteiger charge is -2.25. The molecule has 6 rings (SSSR count). The number of amides is 2. The van der Waals surface area contributed by atoms with Crippen LogP contribution in [0.3, 0.4) is 0 Å². The molecule has 3 aromatic rings. The average molecular weight is 590 g/mol. The van der Waals surface area contributed by atoms with E-state index in [0.29, 0.717) is 31.1 Å². The fourth-order valence-electron chi connectivity index (χ4n) is 6.33. The van der Waals surface area contributed by atoms with Crippen LogP contribution in [0.4, 0.5) is 4.79 Å². The highest BCUT2D eigenvalue weighted by Gasteiger charge is 2.40. The van der Waals surface area contributed by atoms with E-state index in [1.165, 1.54) is 5.56 Å². The molecule has 9 heteroatoms. The summed E-state index contributed by atoms with van der Waals surface area (Å²) in [4.78, 5) is 29.3. The third-order valence-corrected chi connectivity index (χ3v) is 8.95. The van der Waals surface area contributed by atoms with Gasteiger partial charge in [0.15, 0.2) is 11.5 Å². The molecule has 2 atom stereocenters. The predicted molar refractivity (Wildman–Crippen MR) is 164 cm³/mol. The number of nitrogens with one attached hydrogen (secondary N) is 1. The van der Waals surface area contributed by atoms with Crippen molar-refractivity contribution in [3.05, 3.63) is 58.7 Å². The second kappa shape index (κ2) is 10.8. The molecule has 1 fully saturated rings. The van der Waals surface area contributed by atoms with Gasteiger partial charge in [-0.3, -0.25) is 4.79 Å². The topological polar surface area (TPSA) is 82.0 Å². The van der Waals surface area contributed by atoms with E-state index in [0.717, 1.165) is 46.0 Å². The van der Waals surface area contributed by atoms with Crippen molar-refractivity contribution in [2.75, 3.05) is 20.2 Å². The lowest BCUT2D eigenvalue weighted by molar-refractivity contribution is 0.0284. The Morgan fingerprint density at radius 1 is 1.10 bits per heavy atom. The van der Waals surface area contributed by atoms with Crippen molar-refractivity contribution in [1.29, 1.82) is 0 Å². The van der Waals surface area contributed by atoms with E-state index < -0.39 is 5.60 Å². The van der Waals surface area contributed by atoms with E-state index >= 15 is 0 Å². The molecule has 3 aliphatic rings. The number of likely N-dealkylation sites (tertiary alicyclic amines) is 1. The van der Waals surface area contributed by atoms with Crippen molar-refractivity contribution in [2.45, 2.75) is 65.7 Å². The van der Waals surface area contributed by atoms with Crippen molar-refractivity contribution < 1.29 is 23.8 Å². The third-order valence-electron chi connectivity index (χ3n) is 8.04. The number of methoxy groups -OCH3 is 1. The summed E-state index contributed by atoms with van der Waals surface area (Å²) in [5, 5.41) is 5.28. The van der Waals surface area contributed by atoms with Crippen LogP contribution in [0.2, 0.25) is 0 Å². The highest BCUT2D eigenvalue weighted by Crippen LogP contribution is 2.45. The van der Waals surface area contributed by atoms with Crippen molar-refractivity contribution in [1.82, 2.24) is 14.8 Å². The van der Waals surface area contributed by atoms with Gasteiger partial charge in [0, 0.05) is 47.3 Å². The molecule has 0 saturated carbocycles. The lowest BCUT2D eigenvalue weighted by atomic mass is 9.95. The number of hydrogen-bond donors (Lipinski definition) is 1. The van der Waals surface area contributed by atoms with Crippen molar-refractivity contribution in [3.63, 3.8) is 0 Å². The minimum Gasteiger partial charge on any atom is -0.493 e. The zero-order chi connectivity index (χ0) is 29.8. The second-order valence-electron chi connectivity index (χ2n) is 12.7. The molecule has 4 heterocycles. The van der Waals surface area contributed by atoms with Gasteiger partial charge >= 0.3 is 6.09 Å². The second-order valence-corrected chi connectivity index (χ2v) is 13.6. The molecule has 0 spiro atoms. The molecule has 1 N–H and O–H groups in total. The van der Waals surface area contributed by atoms with Crippen LogP contribution in [-0.4, -0.2) is 53.4 Å². The van der Waals surface area contributed by atoms with E-state index in [1.54, 1.807) is 23.3 Å². The largest absolute Gasteiger partial charge is 0.493 e. The summed E-state index contributed by atoms with van der Waals surface area (Å²) in [5.41, 5.74) is 5.39. The Labute approximate surface area is 251 Å². The number of thiophene rings is 1. The lowest BCUT2D eigenvalue weighted by Crippen LogP contribution is -2.36. The summed E-state index contributed by atoms with van der Waals surface area (Å²) in [7, 11) is 1.67. The molecule has 1 saturated heterocycles. The first kappa shape index (κ1) is 28.4. The number of benzene rings is 1. The Morgan fingerprint density at radius 3 is 2.57 bits per heavy atom. The van der Waals surface area contributed by atoms with Gasteiger partial charge in [-0.05, 0) is 88.6 Å². The minimum atomic E-state index is -0.516. The number of ether oxygens (including phenoxy) is 3. The first-order valence-electron chi connectivity index (χ1n) is 14.7. The summed E-state index contributed by atoms with van der Waals surface area (Å²) in [6.45, 7) is 11.6. The Bertz CT molecular complexity index is 1550. The van der Waals surface area contributed by atoms with E-state index in [2.05, 4.69) is 39.5 Å². The van der Waals surface area contributed by atoms with Crippen LogP contribution in [0.25, 0.3) is 21.7 Å². The van der Waals surface area contributed by atoms with Gasteiger partial charge in [-0.25, -0.2) is 4.79 Å². The minimum absolute atomic E-state index is 0.000765. The Balaban J connectivity index is 1.28. The number of rotatable bonds is 6. The molecule has 222 valence electrons. The fraction of sp³-hybridized carbons (Fsp3) is 0.455. The summed E-state index contributed by atoms with van der Waals surface area (Å²) in [5.74, 6) is 1.83. The Morgan fingerprint density at radius 2 is 1.90 bits per heavy atom. The highest BCUT2D eigenvalue weighted by molar-refractivity contribution is 7.13. The van der Waals surface area contributed by atoms with Crippen LogP contribution in [0.15, 0.2) is 47.5 Å². The van der Waals surface area contributed by atoms with Gasteiger partial charge in [0.2, 0.25) is 0 Å². The molecule has 0 bridgehead atoms. The molecule has 2 amide bonds. The van der Waals surface area contributed by atoms with E-state index in [-0.39, 0.29) is 29.9 Å². The van der Waals surface area contributed by atoms with Crippen LogP contribution in [-0.2, 0) is 17.7 Å². The standard InChI is InChI=1S/C33H39N3O5S/c1-19(2)40-28-16-24-20(14-27(28)39-6)9-10-36-26(15-25(30(24)36)29-8-7-11-42-29)31(37)34-23-12-21-17-35(18-22(21)13-23)32(38)41-33(3,4)5/h7-8,11-12,14-16,19,21-22H,9-10,13,17-18H2,1-6H3,(H,34,37). The van der Waals surface area contributed by atoms with E-state index in [9.17, 15) is 9.59 Å². The fourth-order valence-corrected chi connectivity index (χ4v) is 7.08. The molecule has 0 radical (unpaired) electrons. The van der Waals surface area contributed by atoms with Gasteiger partial charge in [-0.15, -0.1) is 11.3 Å². The Kier molecular flexibility index (Phi) is 7.33. The number of hydrogen-bond acceptors (Lipinski definition) is 6. The molecular weight excluding hydrogens is 550 g/mol. The van der Waals surface area contributed by atoms with Gasteiger partial charge in [0.1, 0.15) is 11.3 Å². The maximum absolute atomic E-state index is 13.8. The van der Waals surface area contributed by atoms with Crippen LogP contribution in [0.1, 0.15) is 57.1 Å². The number of allylic oxidation sites excluding steroid dienone is 1. The van der Waals surface area contributed by atoms with E-state index in [4.69, 9.17) is 14.2 Å². The highest BCUT2D eigenvalue weighted by atomic mass is 32.1. The SMILES string of the molecule is COc1cc2c(cc1OC(C)C)-c1c(-c3cccs3)cc(C(=O)NC3=CC4CN(C(=O)OC(C)(C)C)CC4C3)n1CC2. The molecule has 2 aliphatic heterocycles. The summed E-state index contributed by atoms with van der Waals surface area (Å²) < 4.78 is 19.5. The van der Waals surface area contributed by atoms with Crippen molar-refractivity contribution >= 4 is 23.3 Å². The van der Waals surface area contributed by atoms with Gasteiger partial charge < -0.3 is 29.0 Å². The van der Waals surface area contributed by atoms with Gasteiger partial charge in [0.05, 0.1) is 18.9 Å². The quantitative estimate of drug-likeness (QED) is 0.345. The molecule has 1 aliphatic carbocycles. The number of aromatic nitrogens is 1. The number of fused-ring (bicyclic) bond motifs is 4. The zero-order valence-electron chi connectivity index (χ0n) is 25.2. The molecule has 2 unspecified atom stereocenters.